The first-order valence-electron chi connectivity index (χ1n) is 23.1. The zero-order valence-electron chi connectivity index (χ0n) is 40.2. The van der Waals surface area contributed by atoms with Crippen molar-refractivity contribution in [2.24, 2.45) is 11.7 Å². The van der Waals surface area contributed by atoms with E-state index in [0.29, 0.717) is 35.5 Å². The largest absolute Gasteiger partial charge is 0.449 e. The van der Waals surface area contributed by atoms with E-state index < -0.39 is 59.2 Å². The SMILES string of the molecule is CCOCc1nc2c(NC(=O)[C@H](CCCNC(N)=O)NC(=O)[C@@H](NC(=O)OCC3c4ccccc4-c4ccccc43)C(C)C)nc3ccccc3c2n1CC(C)(C)OCCNC(=O)OC(C)(C)C. The van der Waals surface area contributed by atoms with E-state index in [4.69, 9.17) is 34.6 Å². The number of hydrogen-bond donors (Lipinski definition) is 6. The van der Waals surface area contributed by atoms with E-state index in [9.17, 15) is 24.0 Å². The van der Waals surface area contributed by atoms with Gasteiger partial charge in [0.2, 0.25) is 11.8 Å². The molecule has 5 aromatic rings. The van der Waals surface area contributed by atoms with Gasteiger partial charge in [-0.3, -0.25) is 9.59 Å². The third-order valence-electron chi connectivity index (χ3n) is 11.3. The van der Waals surface area contributed by atoms with Crippen LogP contribution in [0.15, 0.2) is 72.8 Å². The number of rotatable bonds is 21. The quantitative estimate of drug-likeness (QED) is 0.0415. The van der Waals surface area contributed by atoms with Crippen molar-refractivity contribution >= 4 is 57.8 Å². The third-order valence-corrected chi connectivity index (χ3v) is 11.3. The van der Waals surface area contributed by atoms with Crippen LogP contribution in [0.3, 0.4) is 0 Å². The highest BCUT2D eigenvalue weighted by Crippen LogP contribution is 2.44. The first-order chi connectivity index (χ1) is 32.4. The van der Waals surface area contributed by atoms with Crippen molar-refractivity contribution in [2.75, 3.05) is 38.2 Å². The maximum absolute atomic E-state index is 14.5. The standard InChI is InChI=1S/C50H65N9O9/c1-9-65-28-39-56-41-42(59(39)29-50(7,8)67-26-25-53-47(63)68-49(4,5)6)35-21-14-15-22-37(35)54-43(41)58-44(60)38(23-16-24-52-46(51)62)55-45(61)40(30(2)3)57-48(64)66-27-36-33-19-12-10-17-31(33)32-18-11-13-20-34(32)36/h10-15,17-22,30,36,38,40H,9,16,23-29H2,1-8H3,(H,53,63)(H,55,61)(H,57,64)(H3,51,52,62)(H,54,58,60)/t38-,40-/m0/s1. The van der Waals surface area contributed by atoms with Crippen LogP contribution in [0.4, 0.5) is 20.2 Å². The van der Waals surface area contributed by atoms with Gasteiger partial charge in [-0.25, -0.2) is 24.4 Å². The average molecular weight is 936 g/mol. The Bertz CT molecular complexity index is 2560. The van der Waals surface area contributed by atoms with Gasteiger partial charge in [-0.2, -0.15) is 0 Å². The lowest BCUT2D eigenvalue weighted by Gasteiger charge is -2.27. The summed E-state index contributed by atoms with van der Waals surface area (Å²) in [6.07, 6.45) is -0.965. The van der Waals surface area contributed by atoms with Gasteiger partial charge in [0.15, 0.2) is 5.82 Å². The molecule has 7 N–H and O–H groups in total. The normalized spacial score (nSPS) is 13.4. The molecule has 0 bridgehead atoms. The molecular formula is C50H65N9O9. The van der Waals surface area contributed by atoms with Crippen LogP contribution in [0.25, 0.3) is 33.1 Å². The van der Waals surface area contributed by atoms with E-state index in [1.165, 1.54) is 0 Å². The molecule has 0 fully saturated rings. The van der Waals surface area contributed by atoms with Gasteiger partial charge in [-0.1, -0.05) is 80.6 Å². The fourth-order valence-electron chi connectivity index (χ4n) is 8.22. The number of para-hydroxylation sites is 1. The van der Waals surface area contributed by atoms with Crippen LogP contribution >= 0.6 is 0 Å². The molecule has 0 spiro atoms. The van der Waals surface area contributed by atoms with Crippen molar-refractivity contribution in [3.8, 4) is 11.1 Å². The molecule has 2 aromatic heterocycles. The molecule has 1 aliphatic carbocycles. The molecule has 18 heteroatoms. The molecule has 3 aromatic carbocycles. The molecule has 364 valence electrons. The Kier molecular flexibility index (Phi) is 16.6. The second-order valence-corrected chi connectivity index (χ2v) is 18.6. The summed E-state index contributed by atoms with van der Waals surface area (Å²) >= 11 is 0. The summed E-state index contributed by atoms with van der Waals surface area (Å²) in [5, 5.41) is 14.5. The van der Waals surface area contributed by atoms with E-state index in [2.05, 4.69) is 26.6 Å². The molecule has 18 nitrogen and oxygen atoms in total. The molecule has 68 heavy (non-hydrogen) atoms. The molecule has 2 atom stereocenters. The van der Waals surface area contributed by atoms with Crippen molar-refractivity contribution in [2.45, 2.75) is 111 Å². The number of carbonyl (C=O) groups excluding carboxylic acids is 5. The number of nitrogens with two attached hydrogens (primary N) is 1. The van der Waals surface area contributed by atoms with Crippen LogP contribution in [0.2, 0.25) is 0 Å². The molecule has 1 aliphatic rings. The number of amides is 6. The highest BCUT2D eigenvalue weighted by molar-refractivity contribution is 6.10. The Morgan fingerprint density at radius 2 is 1.47 bits per heavy atom. The molecule has 6 amide bonds. The highest BCUT2D eigenvalue weighted by Gasteiger charge is 2.33. The van der Waals surface area contributed by atoms with E-state index in [1.807, 2.05) is 98.1 Å². The predicted octanol–water partition coefficient (Wildman–Crippen LogP) is 6.88. The van der Waals surface area contributed by atoms with Gasteiger partial charge < -0.3 is 55.8 Å². The molecule has 6 rings (SSSR count). The lowest BCUT2D eigenvalue weighted by molar-refractivity contribution is -0.128. The van der Waals surface area contributed by atoms with Crippen LogP contribution in [0, 0.1) is 5.92 Å². The number of hydrogen-bond acceptors (Lipinski definition) is 11. The summed E-state index contributed by atoms with van der Waals surface area (Å²) in [5.74, 6) is -1.10. The lowest BCUT2D eigenvalue weighted by atomic mass is 9.98. The van der Waals surface area contributed by atoms with Gasteiger partial charge in [0.1, 0.15) is 42.2 Å². The van der Waals surface area contributed by atoms with Crippen molar-refractivity contribution in [3.63, 3.8) is 0 Å². The van der Waals surface area contributed by atoms with Crippen molar-refractivity contribution in [3.05, 3.63) is 89.7 Å². The van der Waals surface area contributed by atoms with Gasteiger partial charge in [-0.05, 0) is 88.6 Å². The minimum atomic E-state index is -1.15. The number of imidazole rings is 1. The summed E-state index contributed by atoms with van der Waals surface area (Å²) < 4.78 is 25.3. The van der Waals surface area contributed by atoms with Gasteiger partial charge >= 0.3 is 18.2 Å². The van der Waals surface area contributed by atoms with E-state index in [0.717, 1.165) is 27.6 Å². The fraction of sp³-hybridized carbons (Fsp3) is 0.460. The molecule has 0 radical (unpaired) electrons. The lowest BCUT2D eigenvalue weighted by Crippen LogP contribution is -2.54. The van der Waals surface area contributed by atoms with Crippen LogP contribution < -0.4 is 32.3 Å². The molecule has 0 aliphatic heterocycles. The highest BCUT2D eigenvalue weighted by atomic mass is 16.6. The Hall–Kier alpha value is -6.79. The Morgan fingerprint density at radius 3 is 2.12 bits per heavy atom. The Labute approximate surface area is 396 Å². The van der Waals surface area contributed by atoms with Crippen LogP contribution in [-0.2, 0) is 41.7 Å². The van der Waals surface area contributed by atoms with Crippen LogP contribution in [-0.4, -0.2) is 101 Å². The zero-order chi connectivity index (χ0) is 49.2. The number of carbonyl (C=O) groups is 5. The summed E-state index contributed by atoms with van der Waals surface area (Å²) in [7, 11) is 0. The van der Waals surface area contributed by atoms with Gasteiger partial charge in [-0.15, -0.1) is 0 Å². The average Bonchev–Trinajstić information content (AvgIpc) is 3.80. The van der Waals surface area contributed by atoms with Crippen LogP contribution in [0.5, 0.6) is 0 Å². The first kappa shape index (κ1) is 50.6. The molecule has 2 heterocycles. The van der Waals surface area contributed by atoms with E-state index in [-0.39, 0.29) is 57.5 Å². The summed E-state index contributed by atoms with van der Waals surface area (Å²) in [5.41, 5.74) is 9.79. The number of nitrogens with one attached hydrogen (secondary N) is 5. The number of aromatic nitrogens is 3. The predicted molar refractivity (Wildman–Crippen MR) is 259 cm³/mol. The van der Waals surface area contributed by atoms with Crippen molar-refractivity contribution in [1.29, 1.82) is 0 Å². The van der Waals surface area contributed by atoms with Gasteiger partial charge in [0, 0.05) is 31.0 Å². The smallest absolute Gasteiger partial charge is 0.407 e. The molecule has 0 saturated heterocycles. The number of nitrogens with zero attached hydrogens (tertiary/aromatic N) is 3. The second-order valence-electron chi connectivity index (χ2n) is 18.6. The number of primary amides is 1. The Balaban J connectivity index is 1.22. The zero-order valence-corrected chi connectivity index (χ0v) is 40.2. The van der Waals surface area contributed by atoms with Crippen molar-refractivity contribution < 1.29 is 42.9 Å². The number of pyridine rings is 1. The molecular weight excluding hydrogens is 871 g/mol. The number of fused-ring (bicyclic) bond motifs is 6. The maximum atomic E-state index is 14.5. The molecule has 0 saturated carbocycles. The maximum Gasteiger partial charge on any atom is 0.407 e. The molecule has 0 unspecified atom stereocenters. The number of urea groups is 1. The first-order valence-corrected chi connectivity index (χ1v) is 23.1. The number of ether oxygens (including phenoxy) is 4. The minimum absolute atomic E-state index is 0.0529. The topological polar surface area (TPSA) is 239 Å². The van der Waals surface area contributed by atoms with Gasteiger partial charge in [0.05, 0.1) is 29.8 Å². The van der Waals surface area contributed by atoms with Crippen molar-refractivity contribution in [1.82, 2.24) is 35.8 Å². The van der Waals surface area contributed by atoms with Gasteiger partial charge in [0.25, 0.3) is 0 Å². The fourth-order valence-corrected chi connectivity index (χ4v) is 8.22. The third kappa shape index (κ3) is 13.0. The van der Waals surface area contributed by atoms with E-state index >= 15 is 0 Å². The summed E-state index contributed by atoms with van der Waals surface area (Å²) in [6, 6.07) is 20.5. The minimum Gasteiger partial charge on any atom is -0.449 e. The van der Waals surface area contributed by atoms with Crippen LogP contribution in [0.1, 0.15) is 91.1 Å². The summed E-state index contributed by atoms with van der Waals surface area (Å²) in [4.78, 5) is 75.6. The number of alkyl carbamates (subject to hydrolysis) is 2. The second kappa shape index (κ2) is 22.3. The Morgan fingerprint density at radius 1 is 0.809 bits per heavy atom. The monoisotopic (exact) mass is 935 g/mol. The van der Waals surface area contributed by atoms with E-state index in [1.54, 1.807) is 34.6 Å². The number of anilines is 1. The summed E-state index contributed by atoms with van der Waals surface area (Å²) in [6.45, 7) is 16.1. The number of benzene rings is 3.